The van der Waals surface area contributed by atoms with Gasteiger partial charge in [0.2, 0.25) is 0 Å². The van der Waals surface area contributed by atoms with E-state index in [-0.39, 0.29) is 5.75 Å². The van der Waals surface area contributed by atoms with E-state index in [2.05, 4.69) is 35.0 Å². The van der Waals surface area contributed by atoms with Gasteiger partial charge in [-0.3, -0.25) is 5.01 Å². The summed E-state index contributed by atoms with van der Waals surface area (Å²) in [5, 5.41) is 20.1. The van der Waals surface area contributed by atoms with Gasteiger partial charge < -0.3 is 15.3 Å². The van der Waals surface area contributed by atoms with Gasteiger partial charge in [-0.1, -0.05) is 36.9 Å². The first-order chi connectivity index (χ1) is 13.9. The molecular weight excluding hydrogens is 360 g/mol. The summed E-state index contributed by atoms with van der Waals surface area (Å²) in [7, 11) is 5.82. The number of benzene rings is 2. The number of rotatable bonds is 6. The highest BCUT2D eigenvalue weighted by Gasteiger charge is 2.18. The largest absolute Gasteiger partial charge is 0.506 e. The Morgan fingerprint density at radius 3 is 2.83 bits per heavy atom. The van der Waals surface area contributed by atoms with E-state index >= 15 is 0 Å². The van der Waals surface area contributed by atoms with Crippen LogP contribution in [0.4, 0.5) is 17.1 Å². The molecule has 5 heteroatoms. The zero-order valence-corrected chi connectivity index (χ0v) is 17.7. The number of phenolic OH excluding ortho intramolecular Hbond substituents is 1. The van der Waals surface area contributed by atoms with Crippen LogP contribution in [-0.4, -0.2) is 38.5 Å². The molecule has 0 fully saturated rings. The van der Waals surface area contributed by atoms with Crippen LogP contribution < -0.4 is 15.2 Å². The monoisotopic (exact) mass is 390 g/mol. The average Bonchev–Trinajstić information content (AvgIpc) is 2.72. The first-order valence-electron chi connectivity index (χ1n) is 9.90. The molecule has 0 saturated carbocycles. The van der Waals surface area contributed by atoms with Gasteiger partial charge in [0.15, 0.2) is 0 Å². The van der Waals surface area contributed by atoms with E-state index in [9.17, 15) is 5.11 Å². The van der Waals surface area contributed by atoms with Crippen molar-refractivity contribution in [3.8, 4) is 5.75 Å². The first-order valence-corrected chi connectivity index (χ1v) is 9.90. The number of fused-ring (bicyclic) bond motifs is 1. The van der Waals surface area contributed by atoms with E-state index in [1.54, 1.807) is 5.01 Å². The average molecular weight is 391 g/mol. The van der Waals surface area contributed by atoms with Crippen molar-refractivity contribution in [2.75, 3.05) is 42.9 Å². The smallest absolute Gasteiger partial charge is 0.142 e. The number of aromatic hydroxyl groups is 1. The fourth-order valence-electron chi connectivity index (χ4n) is 3.58. The molecule has 2 aromatic rings. The summed E-state index contributed by atoms with van der Waals surface area (Å²) in [6, 6.07) is 12.0. The number of hydrogen-bond acceptors (Lipinski definition) is 5. The summed E-state index contributed by atoms with van der Waals surface area (Å²) < 4.78 is 0. The number of anilines is 3. The maximum Gasteiger partial charge on any atom is 0.142 e. The Hall–Kier alpha value is -3.21. The maximum atomic E-state index is 10.5. The Labute approximate surface area is 173 Å². The van der Waals surface area contributed by atoms with Crippen LogP contribution in [0.3, 0.4) is 0 Å². The van der Waals surface area contributed by atoms with Crippen molar-refractivity contribution in [2.45, 2.75) is 19.8 Å². The third kappa shape index (κ3) is 4.62. The van der Waals surface area contributed by atoms with Crippen molar-refractivity contribution in [1.82, 2.24) is 0 Å². The van der Waals surface area contributed by atoms with Crippen molar-refractivity contribution in [3.63, 3.8) is 0 Å². The van der Waals surface area contributed by atoms with E-state index in [0.29, 0.717) is 5.69 Å². The first kappa shape index (κ1) is 20.5. The minimum absolute atomic E-state index is 0.237. The predicted octanol–water partition coefficient (Wildman–Crippen LogP) is 4.90. The lowest BCUT2D eigenvalue weighted by Crippen LogP contribution is -2.25. The molecule has 1 aliphatic rings. The van der Waals surface area contributed by atoms with E-state index in [0.717, 1.165) is 47.6 Å². The van der Waals surface area contributed by atoms with Crippen molar-refractivity contribution in [1.29, 1.82) is 0 Å². The van der Waals surface area contributed by atoms with Crippen LogP contribution in [0, 0.1) is 0 Å². The van der Waals surface area contributed by atoms with Crippen LogP contribution in [0.5, 0.6) is 5.75 Å². The van der Waals surface area contributed by atoms with E-state index in [1.165, 1.54) is 5.56 Å². The molecule has 0 aliphatic carbocycles. The number of aryl methyl sites for hydroxylation is 1. The number of hydrogen-bond donors (Lipinski definition) is 2. The molecule has 0 aromatic heterocycles. The van der Waals surface area contributed by atoms with Crippen molar-refractivity contribution < 1.29 is 5.11 Å². The van der Waals surface area contributed by atoms with Crippen LogP contribution in [0.2, 0.25) is 0 Å². The highest BCUT2D eigenvalue weighted by molar-refractivity contribution is 6.01. The van der Waals surface area contributed by atoms with Gasteiger partial charge in [-0.2, -0.15) is 5.10 Å². The Bertz CT molecular complexity index is 961. The molecule has 0 atom stereocenters. The predicted molar refractivity (Wildman–Crippen MR) is 125 cm³/mol. The zero-order chi connectivity index (χ0) is 21.0. The molecule has 0 bridgehead atoms. The Morgan fingerprint density at radius 2 is 2.07 bits per heavy atom. The standard InChI is InChI=1S/C24H30N4O/c1-17(12-13-19-9-6-7-11-21(19)25-3)18(2)26-28(5)23-15-20-10-8-14-27(4)22(20)16-24(23)29/h6-7,9,11-13,15-16,25,29H,1,8,10,14H2,2-5H3. The molecule has 0 spiro atoms. The van der Waals surface area contributed by atoms with Crippen LogP contribution in [0.25, 0.3) is 6.08 Å². The molecule has 0 amide bonds. The molecule has 1 aliphatic heterocycles. The number of allylic oxidation sites excluding steroid dienone is 2. The molecule has 3 rings (SSSR count). The van der Waals surface area contributed by atoms with Crippen LogP contribution in [0.15, 0.2) is 59.7 Å². The topological polar surface area (TPSA) is 51.1 Å². The quantitative estimate of drug-likeness (QED) is 0.419. The summed E-state index contributed by atoms with van der Waals surface area (Å²) in [5.74, 6) is 0.237. The lowest BCUT2D eigenvalue weighted by atomic mass is 10.0. The summed E-state index contributed by atoms with van der Waals surface area (Å²) in [4.78, 5) is 2.19. The minimum atomic E-state index is 0.237. The van der Waals surface area contributed by atoms with Crippen molar-refractivity contribution >= 4 is 28.8 Å². The fraction of sp³-hybridized carbons (Fsp3) is 0.292. The lowest BCUT2D eigenvalue weighted by molar-refractivity contribution is 0.474. The molecule has 152 valence electrons. The molecule has 29 heavy (non-hydrogen) atoms. The zero-order valence-electron chi connectivity index (χ0n) is 17.7. The van der Waals surface area contributed by atoms with Gasteiger partial charge in [0, 0.05) is 45.1 Å². The van der Waals surface area contributed by atoms with Gasteiger partial charge >= 0.3 is 0 Å². The second-order valence-electron chi connectivity index (χ2n) is 7.40. The maximum absolute atomic E-state index is 10.5. The Kier molecular flexibility index (Phi) is 6.27. The van der Waals surface area contributed by atoms with Gasteiger partial charge in [-0.05, 0) is 48.6 Å². The van der Waals surface area contributed by atoms with E-state index in [4.69, 9.17) is 0 Å². The van der Waals surface area contributed by atoms with Gasteiger partial charge in [-0.15, -0.1) is 0 Å². The highest BCUT2D eigenvalue weighted by atomic mass is 16.3. The van der Waals surface area contributed by atoms with Crippen molar-refractivity contribution in [2.24, 2.45) is 5.10 Å². The third-order valence-corrected chi connectivity index (χ3v) is 5.33. The normalized spacial score (nSPS) is 14.1. The summed E-state index contributed by atoms with van der Waals surface area (Å²) in [5.41, 5.74) is 6.81. The lowest BCUT2D eigenvalue weighted by Gasteiger charge is -2.29. The molecule has 2 aromatic carbocycles. The fourth-order valence-corrected chi connectivity index (χ4v) is 3.58. The molecule has 2 N–H and O–H groups in total. The second kappa shape index (κ2) is 8.86. The number of nitrogens with one attached hydrogen (secondary N) is 1. The Balaban J connectivity index is 1.79. The summed E-state index contributed by atoms with van der Waals surface area (Å²) in [6.45, 7) is 7.08. The molecule has 0 unspecified atom stereocenters. The van der Waals surface area contributed by atoms with Crippen LogP contribution in [0.1, 0.15) is 24.5 Å². The molecular formula is C24H30N4O. The molecule has 5 nitrogen and oxygen atoms in total. The van der Waals surface area contributed by atoms with Gasteiger partial charge in [-0.25, -0.2) is 0 Å². The molecule has 0 saturated heterocycles. The third-order valence-electron chi connectivity index (χ3n) is 5.33. The number of hydrazone groups is 1. The molecule has 0 radical (unpaired) electrons. The summed E-state index contributed by atoms with van der Waals surface area (Å²) >= 11 is 0. The highest BCUT2D eigenvalue weighted by Crippen LogP contribution is 2.37. The summed E-state index contributed by atoms with van der Waals surface area (Å²) in [6.07, 6.45) is 6.13. The second-order valence-corrected chi connectivity index (χ2v) is 7.40. The number of nitrogens with zero attached hydrogens (tertiary/aromatic N) is 3. The van der Waals surface area contributed by atoms with Crippen LogP contribution in [-0.2, 0) is 6.42 Å². The SMILES string of the molecule is C=C(C=Cc1ccccc1NC)C(C)=NN(C)c1cc2c(cc1O)N(C)CCC2. The minimum Gasteiger partial charge on any atom is -0.506 e. The van der Waals surface area contributed by atoms with Gasteiger partial charge in [0.1, 0.15) is 11.4 Å². The van der Waals surface area contributed by atoms with Crippen LogP contribution >= 0.6 is 0 Å². The number of para-hydroxylation sites is 1. The number of phenols is 1. The van der Waals surface area contributed by atoms with Gasteiger partial charge in [0.05, 0.1) is 5.71 Å². The van der Waals surface area contributed by atoms with E-state index in [1.807, 2.05) is 63.5 Å². The van der Waals surface area contributed by atoms with Gasteiger partial charge in [0.25, 0.3) is 0 Å². The van der Waals surface area contributed by atoms with Crippen molar-refractivity contribution in [3.05, 3.63) is 65.8 Å². The Morgan fingerprint density at radius 1 is 1.31 bits per heavy atom. The van der Waals surface area contributed by atoms with E-state index < -0.39 is 0 Å². The molecule has 1 heterocycles.